The van der Waals surface area contributed by atoms with Gasteiger partial charge < -0.3 is 20.2 Å². The van der Waals surface area contributed by atoms with Crippen molar-refractivity contribution in [2.45, 2.75) is 43.9 Å². The van der Waals surface area contributed by atoms with E-state index in [1.165, 1.54) is 23.4 Å². The molecular weight excluding hydrogens is 449 g/mol. The number of fused-ring (bicyclic) bond motifs is 1. The Morgan fingerprint density at radius 3 is 2.44 bits per heavy atom. The molecule has 2 heterocycles. The highest BCUT2D eigenvalue weighted by molar-refractivity contribution is 5.82. The molecule has 34 heavy (non-hydrogen) atoms. The molecule has 4 rings (SSSR count). The van der Waals surface area contributed by atoms with Crippen LogP contribution in [0, 0.1) is 5.92 Å². The van der Waals surface area contributed by atoms with Crippen molar-refractivity contribution in [3.8, 4) is 0 Å². The van der Waals surface area contributed by atoms with Crippen molar-refractivity contribution in [1.29, 1.82) is 0 Å². The molecule has 10 heteroatoms. The zero-order valence-electron chi connectivity index (χ0n) is 19.1. The largest absolute Gasteiger partial charge is 0.465 e. The number of alkyl halides is 3. The fourth-order valence-corrected chi connectivity index (χ4v) is 4.87. The second kappa shape index (κ2) is 8.48. The molecule has 1 aromatic heterocycles. The maximum atomic E-state index is 13.9. The van der Waals surface area contributed by atoms with E-state index in [0.717, 1.165) is 18.4 Å². The van der Waals surface area contributed by atoms with Gasteiger partial charge >= 0.3 is 12.3 Å². The summed E-state index contributed by atoms with van der Waals surface area (Å²) in [5.41, 5.74) is 2.62. The molecule has 0 saturated carbocycles. The minimum Gasteiger partial charge on any atom is -0.465 e. The number of nitrogens with one attached hydrogen (secondary N) is 1. The number of hydrogen-bond donors (Lipinski definition) is 2. The molecule has 2 N–H and O–H groups in total. The third kappa shape index (κ3) is 4.28. The van der Waals surface area contributed by atoms with Gasteiger partial charge in [0.25, 0.3) is 0 Å². The molecule has 1 aliphatic heterocycles. The molecule has 2 unspecified atom stereocenters. The smallest absolute Gasteiger partial charge is 0.414 e. The summed E-state index contributed by atoms with van der Waals surface area (Å²) in [7, 11) is 1.08. The van der Waals surface area contributed by atoms with Crippen LogP contribution in [0.3, 0.4) is 0 Å². The van der Waals surface area contributed by atoms with E-state index in [1.807, 2.05) is 12.1 Å². The minimum absolute atomic E-state index is 0.0519. The van der Waals surface area contributed by atoms with Crippen LogP contribution in [0.25, 0.3) is 0 Å². The number of aromatic nitrogens is 1. The fraction of sp³-hybridized carbons (Fsp3) is 0.458. The Hall–Kier alpha value is -3.30. The van der Waals surface area contributed by atoms with Gasteiger partial charge in [0.2, 0.25) is 5.91 Å². The molecule has 182 valence electrons. The lowest BCUT2D eigenvalue weighted by Gasteiger charge is -2.40. The first-order chi connectivity index (χ1) is 15.9. The van der Waals surface area contributed by atoms with Gasteiger partial charge in [-0.15, -0.1) is 0 Å². The summed E-state index contributed by atoms with van der Waals surface area (Å²) < 4.78 is 41.8. The van der Waals surface area contributed by atoms with Gasteiger partial charge in [0.1, 0.15) is 0 Å². The summed E-state index contributed by atoms with van der Waals surface area (Å²) in [5.74, 6) is -1.55. The number of nitrogens with zero attached hydrogens (tertiary/aromatic N) is 3. The van der Waals surface area contributed by atoms with Crippen LogP contribution in [-0.2, 0) is 16.6 Å². The number of hydrogen-bond acceptors (Lipinski definition) is 4. The number of rotatable bonds is 5. The molecule has 0 bridgehead atoms. The van der Waals surface area contributed by atoms with Crippen LogP contribution in [0.4, 0.5) is 23.7 Å². The number of carbonyl (C=O) groups is 2. The first-order valence-corrected chi connectivity index (χ1v) is 11.0. The van der Waals surface area contributed by atoms with Gasteiger partial charge in [0.15, 0.2) is 6.04 Å². The molecule has 1 aliphatic carbocycles. The van der Waals surface area contributed by atoms with E-state index in [2.05, 4.69) is 36.3 Å². The zero-order valence-corrected chi connectivity index (χ0v) is 19.1. The van der Waals surface area contributed by atoms with Crippen LogP contribution in [0.5, 0.6) is 0 Å². The molecule has 1 saturated heterocycles. The predicted molar refractivity (Wildman–Crippen MR) is 119 cm³/mol. The van der Waals surface area contributed by atoms with E-state index >= 15 is 0 Å². The van der Waals surface area contributed by atoms with E-state index in [9.17, 15) is 22.8 Å². The van der Waals surface area contributed by atoms with Crippen LogP contribution in [0.2, 0.25) is 0 Å². The number of likely N-dealkylation sites (tertiary alicyclic amines) is 1. The van der Waals surface area contributed by atoms with Crippen LogP contribution in [-0.4, -0.2) is 64.2 Å². The van der Waals surface area contributed by atoms with Crippen LogP contribution in [0.15, 0.2) is 42.6 Å². The monoisotopic (exact) mass is 476 g/mol. The lowest BCUT2D eigenvalue weighted by molar-refractivity contribution is -0.193. The summed E-state index contributed by atoms with van der Waals surface area (Å²) in [6.07, 6.45) is -3.78. The van der Waals surface area contributed by atoms with Gasteiger partial charge in [-0.3, -0.25) is 9.78 Å². The second-order valence-corrected chi connectivity index (χ2v) is 9.53. The molecule has 2 aliphatic rings. The van der Waals surface area contributed by atoms with E-state index < -0.39 is 30.1 Å². The molecule has 0 spiro atoms. The summed E-state index contributed by atoms with van der Waals surface area (Å²) in [4.78, 5) is 29.2. The van der Waals surface area contributed by atoms with Gasteiger partial charge in [-0.05, 0) is 29.7 Å². The quantitative estimate of drug-likeness (QED) is 0.680. The van der Waals surface area contributed by atoms with Gasteiger partial charge in [-0.25, -0.2) is 4.79 Å². The van der Waals surface area contributed by atoms with E-state index in [4.69, 9.17) is 5.11 Å². The summed E-state index contributed by atoms with van der Waals surface area (Å²) in [6.45, 7) is 4.03. The number of halogens is 3. The maximum absolute atomic E-state index is 13.9. The number of anilines is 1. The molecule has 7 nitrogen and oxygen atoms in total. The van der Waals surface area contributed by atoms with Gasteiger partial charge in [-0.1, -0.05) is 38.1 Å². The Morgan fingerprint density at radius 1 is 1.21 bits per heavy atom. The average molecular weight is 476 g/mol. The van der Waals surface area contributed by atoms with E-state index in [1.54, 1.807) is 6.07 Å². The Balaban J connectivity index is 1.48. The lowest BCUT2D eigenvalue weighted by Crippen LogP contribution is -2.56. The number of carbonyl (C=O) groups excluding carboxylic acids is 1. The Bertz CT molecular complexity index is 1080. The van der Waals surface area contributed by atoms with E-state index in [-0.39, 0.29) is 30.2 Å². The molecular formula is C24H27F3N4O3. The summed E-state index contributed by atoms with van der Waals surface area (Å²) in [6, 6.07) is 8.83. The first kappa shape index (κ1) is 23.8. The number of pyridine rings is 1. The number of amides is 2. The predicted octanol–water partition coefficient (Wildman–Crippen LogP) is 4.07. The van der Waals surface area contributed by atoms with Crippen molar-refractivity contribution < 1.29 is 27.9 Å². The van der Waals surface area contributed by atoms with Crippen molar-refractivity contribution in [3.05, 3.63) is 59.4 Å². The highest BCUT2D eigenvalue weighted by Gasteiger charge is 2.49. The topological polar surface area (TPSA) is 85.8 Å². The Morgan fingerprint density at radius 2 is 1.88 bits per heavy atom. The van der Waals surface area contributed by atoms with Crippen LogP contribution in [0.1, 0.15) is 36.7 Å². The lowest BCUT2D eigenvalue weighted by atomic mass is 9.83. The van der Waals surface area contributed by atoms with Crippen molar-refractivity contribution in [2.75, 3.05) is 25.5 Å². The van der Waals surface area contributed by atoms with Gasteiger partial charge in [0.05, 0.1) is 23.5 Å². The molecule has 1 aromatic carbocycles. The first-order valence-electron chi connectivity index (χ1n) is 11.0. The van der Waals surface area contributed by atoms with Crippen LogP contribution < -0.4 is 5.32 Å². The van der Waals surface area contributed by atoms with E-state index in [0.29, 0.717) is 10.6 Å². The van der Waals surface area contributed by atoms with Gasteiger partial charge in [0, 0.05) is 31.6 Å². The SMILES string of the molecule is CN(C(=O)C1CN(C(=O)O)C1)C(c1ccc(NC2Cc3ccccc3C2(C)C)cn1)C(F)(F)F. The molecule has 2 aromatic rings. The normalized spacial score (nSPS) is 20.3. The Kier molecular flexibility index (Phi) is 5.95. The zero-order chi connectivity index (χ0) is 24.8. The molecule has 1 fully saturated rings. The van der Waals surface area contributed by atoms with Crippen molar-refractivity contribution in [3.63, 3.8) is 0 Å². The highest BCUT2D eigenvalue weighted by atomic mass is 19.4. The van der Waals surface area contributed by atoms with Gasteiger partial charge in [-0.2, -0.15) is 13.2 Å². The number of benzene rings is 1. The maximum Gasteiger partial charge on any atom is 0.414 e. The molecule has 2 atom stereocenters. The number of carboxylic acid groups (broad SMARTS) is 1. The second-order valence-electron chi connectivity index (χ2n) is 9.53. The highest BCUT2D eigenvalue weighted by Crippen LogP contribution is 2.41. The molecule has 0 radical (unpaired) electrons. The standard InChI is InChI=1S/C24H27F3N4O3/c1-23(2)17-7-5-4-6-14(17)10-19(23)29-16-8-9-18(28-11-16)20(24(25,26)27)30(3)21(32)15-12-31(13-15)22(33)34/h4-9,11,15,19-20,29H,10,12-13H2,1-3H3,(H,33,34). The average Bonchev–Trinajstić information content (AvgIpc) is 2.97. The third-order valence-corrected chi connectivity index (χ3v) is 6.96. The third-order valence-electron chi connectivity index (χ3n) is 6.96. The summed E-state index contributed by atoms with van der Waals surface area (Å²) in [5, 5.41) is 12.3. The molecule has 2 amide bonds. The summed E-state index contributed by atoms with van der Waals surface area (Å²) >= 11 is 0. The van der Waals surface area contributed by atoms with Crippen molar-refractivity contribution in [1.82, 2.24) is 14.8 Å². The van der Waals surface area contributed by atoms with Crippen molar-refractivity contribution >= 4 is 17.7 Å². The Labute approximate surface area is 195 Å². The van der Waals surface area contributed by atoms with Crippen LogP contribution >= 0.6 is 0 Å². The fourth-order valence-electron chi connectivity index (χ4n) is 4.87. The van der Waals surface area contributed by atoms with Crippen molar-refractivity contribution in [2.24, 2.45) is 5.92 Å². The minimum atomic E-state index is -4.74.